The zero-order valence-corrected chi connectivity index (χ0v) is 10.3. The molecule has 0 saturated heterocycles. The molecule has 1 amide bonds. The molecule has 1 rings (SSSR count). The lowest BCUT2D eigenvalue weighted by Gasteiger charge is -2.10. The van der Waals surface area contributed by atoms with Crippen LogP contribution in [0.4, 0.5) is 5.69 Å². The van der Waals surface area contributed by atoms with Crippen molar-refractivity contribution in [3.63, 3.8) is 0 Å². The molecule has 1 aromatic rings. The van der Waals surface area contributed by atoms with Crippen molar-refractivity contribution < 1.29 is 14.3 Å². The van der Waals surface area contributed by atoms with Crippen LogP contribution in [0.1, 0.15) is 27.2 Å². The van der Waals surface area contributed by atoms with E-state index in [4.69, 9.17) is 4.74 Å². The molecular formula is C13H17NO3. The maximum Gasteiger partial charge on any atom is 0.231 e. The Bertz CT molecular complexity index is 396. The fraction of sp³-hybridized carbons (Fsp3) is 0.385. The lowest BCUT2D eigenvalue weighted by molar-refractivity contribution is -0.124. The molecule has 1 aromatic carbocycles. The van der Waals surface area contributed by atoms with Gasteiger partial charge in [0.05, 0.1) is 12.5 Å². The maximum absolute atomic E-state index is 11.3. The number of carbonyl (C=O) groups is 2. The van der Waals surface area contributed by atoms with E-state index in [1.807, 2.05) is 13.8 Å². The molecule has 0 saturated carbocycles. The summed E-state index contributed by atoms with van der Waals surface area (Å²) in [6.45, 7) is 5.28. The van der Waals surface area contributed by atoms with E-state index >= 15 is 0 Å². The van der Waals surface area contributed by atoms with E-state index in [9.17, 15) is 9.59 Å². The number of ether oxygens (including phenoxy) is 1. The summed E-state index contributed by atoms with van der Waals surface area (Å²) in [7, 11) is 0. The second-order valence-electron chi connectivity index (χ2n) is 4.12. The van der Waals surface area contributed by atoms with Gasteiger partial charge in [0.25, 0.3) is 0 Å². The van der Waals surface area contributed by atoms with Crippen LogP contribution < -0.4 is 10.1 Å². The third-order valence-corrected chi connectivity index (χ3v) is 1.92. The summed E-state index contributed by atoms with van der Waals surface area (Å²) in [4.78, 5) is 22.1. The van der Waals surface area contributed by atoms with Crippen molar-refractivity contribution in [1.29, 1.82) is 0 Å². The smallest absolute Gasteiger partial charge is 0.231 e. The van der Waals surface area contributed by atoms with E-state index in [0.717, 1.165) is 5.75 Å². The second-order valence-corrected chi connectivity index (χ2v) is 4.12. The quantitative estimate of drug-likeness (QED) is 0.797. The molecule has 0 spiro atoms. The van der Waals surface area contributed by atoms with Crippen molar-refractivity contribution in [3.8, 4) is 5.75 Å². The third-order valence-electron chi connectivity index (χ3n) is 1.92. The summed E-state index contributed by atoms with van der Waals surface area (Å²) in [6.07, 6.45) is 0.0257. The molecule has 0 aromatic heterocycles. The normalized spacial score (nSPS) is 10.1. The summed E-state index contributed by atoms with van der Waals surface area (Å²) < 4.78 is 5.47. The van der Waals surface area contributed by atoms with Gasteiger partial charge in [-0.25, -0.2) is 0 Å². The monoisotopic (exact) mass is 235 g/mol. The molecule has 0 heterocycles. The minimum Gasteiger partial charge on any atom is -0.491 e. The van der Waals surface area contributed by atoms with Gasteiger partial charge in [-0.15, -0.1) is 0 Å². The van der Waals surface area contributed by atoms with Gasteiger partial charge in [0.2, 0.25) is 5.91 Å². The fourth-order valence-electron chi connectivity index (χ4n) is 1.32. The van der Waals surface area contributed by atoms with E-state index in [1.54, 1.807) is 24.3 Å². The molecule has 0 atom stereocenters. The molecule has 0 bridgehead atoms. The minimum absolute atomic E-state index is 0.0930. The van der Waals surface area contributed by atoms with Crippen molar-refractivity contribution in [3.05, 3.63) is 24.3 Å². The van der Waals surface area contributed by atoms with Gasteiger partial charge in [-0.05, 0) is 45.0 Å². The van der Waals surface area contributed by atoms with E-state index in [1.165, 1.54) is 6.92 Å². The molecule has 0 aliphatic carbocycles. The summed E-state index contributed by atoms with van der Waals surface area (Å²) in [5.74, 6) is 0.307. The minimum atomic E-state index is -0.296. The zero-order valence-electron chi connectivity index (χ0n) is 10.3. The van der Waals surface area contributed by atoms with Crippen LogP contribution in [0.3, 0.4) is 0 Å². The molecule has 0 fully saturated rings. The Morgan fingerprint density at radius 2 is 1.82 bits per heavy atom. The summed E-state index contributed by atoms with van der Waals surface area (Å²) in [5.41, 5.74) is 0.660. The first-order chi connectivity index (χ1) is 7.97. The van der Waals surface area contributed by atoms with Crippen LogP contribution in [0, 0.1) is 0 Å². The number of nitrogens with one attached hydrogen (secondary N) is 1. The van der Waals surface area contributed by atoms with Gasteiger partial charge in [0.15, 0.2) is 0 Å². The number of carbonyl (C=O) groups excluding carboxylic acids is 2. The number of ketones is 1. The summed E-state index contributed by atoms with van der Waals surface area (Å²) >= 11 is 0. The molecule has 4 heteroatoms. The first kappa shape index (κ1) is 13.2. The first-order valence-corrected chi connectivity index (χ1v) is 5.53. The van der Waals surface area contributed by atoms with Crippen LogP contribution in [0.15, 0.2) is 24.3 Å². The molecular weight excluding hydrogens is 218 g/mol. The lowest BCUT2D eigenvalue weighted by Crippen LogP contribution is -2.14. The van der Waals surface area contributed by atoms with Crippen LogP contribution in [0.25, 0.3) is 0 Å². The van der Waals surface area contributed by atoms with Gasteiger partial charge in [0, 0.05) is 5.69 Å². The van der Waals surface area contributed by atoms with Crippen molar-refractivity contribution in [2.75, 3.05) is 5.32 Å². The number of anilines is 1. The molecule has 17 heavy (non-hydrogen) atoms. The molecule has 0 unspecified atom stereocenters. The number of benzene rings is 1. The Kier molecular flexibility index (Phi) is 4.69. The number of Topliss-reactive ketones (excluding diaryl/α,β-unsaturated/α-hetero) is 1. The first-order valence-electron chi connectivity index (χ1n) is 5.53. The van der Waals surface area contributed by atoms with Gasteiger partial charge >= 0.3 is 0 Å². The van der Waals surface area contributed by atoms with Gasteiger partial charge in [-0.1, -0.05) is 0 Å². The number of hydrogen-bond acceptors (Lipinski definition) is 3. The molecule has 1 N–H and O–H groups in total. The van der Waals surface area contributed by atoms with Gasteiger partial charge in [0.1, 0.15) is 11.5 Å². The van der Waals surface area contributed by atoms with Crippen molar-refractivity contribution in [1.82, 2.24) is 0 Å². The van der Waals surface area contributed by atoms with Gasteiger partial charge < -0.3 is 10.1 Å². The van der Waals surface area contributed by atoms with Crippen LogP contribution in [0.5, 0.6) is 5.75 Å². The van der Waals surface area contributed by atoms with Gasteiger partial charge in [-0.2, -0.15) is 0 Å². The highest BCUT2D eigenvalue weighted by molar-refractivity contribution is 6.03. The van der Waals surface area contributed by atoms with E-state index in [-0.39, 0.29) is 24.2 Å². The molecule has 4 nitrogen and oxygen atoms in total. The molecule has 0 aliphatic rings. The second kappa shape index (κ2) is 6.03. The summed E-state index contributed by atoms with van der Waals surface area (Å²) in [6, 6.07) is 7.05. The Labute approximate surface area is 101 Å². The maximum atomic E-state index is 11.3. The Morgan fingerprint density at radius 3 is 2.29 bits per heavy atom. The summed E-state index contributed by atoms with van der Waals surface area (Å²) in [5, 5.41) is 2.64. The average molecular weight is 235 g/mol. The highest BCUT2D eigenvalue weighted by Crippen LogP contribution is 2.16. The number of rotatable bonds is 5. The third kappa shape index (κ3) is 5.15. The van der Waals surface area contributed by atoms with E-state index in [2.05, 4.69) is 5.32 Å². The van der Waals surface area contributed by atoms with Crippen molar-refractivity contribution in [2.45, 2.75) is 33.3 Å². The predicted molar refractivity (Wildman–Crippen MR) is 66.1 cm³/mol. The van der Waals surface area contributed by atoms with Crippen molar-refractivity contribution >= 4 is 17.4 Å². The fourth-order valence-corrected chi connectivity index (χ4v) is 1.32. The highest BCUT2D eigenvalue weighted by Gasteiger charge is 2.05. The largest absolute Gasteiger partial charge is 0.491 e. The van der Waals surface area contributed by atoms with E-state index in [0.29, 0.717) is 5.69 Å². The van der Waals surface area contributed by atoms with Crippen LogP contribution >= 0.6 is 0 Å². The molecule has 0 aliphatic heterocycles. The van der Waals surface area contributed by atoms with Crippen LogP contribution in [-0.2, 0) is 9.59 Å². The molecule has 0 radical (unpaired) electrons. The Hall–Kier alpha value is -1.84. The van der Waals surface area contributed by atoms with Crippen LogP contribution in [-0.4, -0.2) is 17.8 Å². The van der Waals surface area contributed by atoms with Crippen molar-refractivity contribution in [2.24, 2.45) is 0 Å². The number of amides is 1. The molecule has 92 valence electrons. The Morgan fingerprint density at radius 1 is 1.24 bits per heavy atom. The predicted octanol–water partition coefficient (Wildman–Crippen LogP) is 2.39. The number of hydrogen-bond donors (Lipinski definition) is 1. The van der Waals surface area contributed by atoms with E-state index < -0.39 is 0 Å². The Balaban J connectivity index is 2.56. The zero-order chi connectivity index (χ0) is 12.8. The SMILES string of the molecule is CC(=O)CC(=O)Nc1ccc(OC(C)C)cc1. The van der Waals surface area contributed by atoms with Crippen LogP contribution in [0.2, 0.25) is 0 Å². The standard InChI is InChI=1S/C13H17NO3/c1-9(2)17-12-6-4-11(5-7-12)14-13(16)8-10(3)15/h4-7,9H,8H2,1-3H3,(H,14,16). The average Bonchev–Trinajstić information content (AvgIpc) is 2.18. The highest BCUT2D eigenvalue weighted by atomic mass is 16.5. The lowest BCUT2D eigenvalue weighted by atomic mass is 10.2. The topological polar surface area (TPSA) is 55.4 Å². The van der Waals surface area contributed by atoms with Gasteiger partial charge in [-0.3, -0.25) is 9.59 Å².